The summed E-state index contributed by atoms with van der Waals surface area (Å²) in [5.74, 6) is -0.520. The SMILES string of the molecule is CNS(=O)(=O)Nc1cc(F)cc(Br)c1. The number of hydrogen-bond donors (Lipinski definition) is 2. The normalized spacial score (nSPS) is 11.4. The summed E-state index contributed by atoms with van der Waals surface area (Å²) in [6.45, 7) is 0. The third-order valence-electron chi connectivity index (χ3n) is 1.38. The first-order valence-corrected chi connectivity index (χ1v) is 5.88. The van der Waals surface area contributed by atoms with E-state index in [1.165, 1.54) is 19.2 Å². The highest BCUT2D eigenvalue weighted by molar-refractivity contribution is 9.10. The van der Waals surface area contributed by atoms with Crippen LogP contribution < -0.4 is 9.44 Å². The van der Waals surface area contributed by atoms with Crippen LogP contribution in [0.4, 0.5) is 10.1 Å². The predicted octanol–water partition coefficient (Wildman–Crippen LogP) is 1.46. The van der Waals surface area contributed by atoms with Gasteiger partial charge in [-0.15, -0.1) is 0 Å². The van der Waals surface area contributed by atoms with E-state index in [9.17, 15) is 12.8 Å². The third-order valence-corrected chi connectivity index (χ3v) is 2.88. The molecule has 4 nitrogen and oxygen atoms in total. The molecule has 1 rings (SSSR count). The fourth-order valence-electron chi connectivity index (χ4n) is 0.819. The van der Waals surface area contributed by atoms with E-state index in [0.717, 1.165) is 6.07 Å². The lowest BCUT2D eigenvalue weighted by atomic mass is 10.3. The molecule has 0 radical (unpaired) electrons. The maximum absolute atomic E-state index is 12.8. The van der Waals surface area contributed by atoms with E-state index in [4.69, 9.17) is 0 Å². The molecular weight excluding hydrogens is 275 g/mol. The Balaban J connectivity index is 2.98. The molecule has 0 bridgehead atoms. The van der Waals surface area contributed by atoms with Crippen molar-refractivity contribution in [3.8, 4) is 0 Å². The highest BCUT2D eigenvalue weighted by Crippen LogP contribution is 2.19. The molecule has 2 N–H and O–H groups in total. The molecule has 0 saturated carbocycles. The first kappa shape index (κ1) is 11.4. The van der Waals surface area contributed by atoms with E-state index in [-0.39, 0.29) is 5.69 Å². The summed E-state index contributed by atoms with van der Waals surface area (Å²) in [5, 5.41) is 0. The lowest BCUT2D eigenvalue weighted by Crippen LogP contribution is -2.26. The van der Waals surface area contributed by atoms with Crippen LogP contribution in [-0.2, 0) is 10.2 Å². The van der Waals surface area contributed by atoms with Crippen LogP contribution in [0.1, 0.15) is 0 Å². The van der Waals surface area contributed by atoms with E-state index in [1.807, 2.05) is 0 Å². The summed E-state index contributed by atoms with van der Waals surface area (Å²) in [4.78, 5) is 0. The average molecular weight is 283 g/mol. The minimum atomic E-state index is -3.59. The first-order chi connectivity index (χ1) is 6.43. The van der Waals surface area contributed by atoms with Crippen LogP contribution in [0.5, 0.6) is 0 Å². The summed E-state index contributed by atoms with van der Waals surface area (Å²) in [5.41, 5.74) is 0.159. The second kappa shape index (κ2) is 4.24. The fourth-order valence-corrected chi connectivity index (χ4v) is 1.81. The third kappa shape index (κ3) is 3.24. The van der Waals surface area contributed by atoms with Gasteiger partial charge in [-0.05, 0) is 18.2 Å². The van der Waals surface area contributed by atoms with Crippen LogP contribution in [-0.4, -0.2) is 15.5 Å². The van der Waals surface area contributed by atoms with E-state index >= 15 is 0 Å². The molecule has 0 aromatic heterocycles. The Morgan fingerprint density at radius 3 is 2.50 bits per heavy atom. The van der Waals surface area contributed by atoms with Crippen LogP contribution in [0, 0.1) is 5.82 Å². The van der Waals surface area contributed by atoms with Crippen molar-refractivity contribution < 1.29 is 12.8 Å². The monoisotopic (exact) mass is 282 g/mol. The Morgan fingerprint density at radius 2 is 2.00 bits per heavy atom. The molecule has 0 aliphatic rings. The van der Waals surface area contributed by atoms with Crippen molar-refractivity contribution in [3.05, 3.63) is 28.5 Å². The Kier molecular flexibility index (Phi) is 3.46. The maximum Gasteiger partial charge on any atom is 0.298 e. The molecular formula is C7H8BrFN2O2S. The van der Waals surface area contributed by atoms with Gasteiger partial charge in [0.05, 0.1) is 5.69 Å². The summed E-state index contributed by atoms with van der Waals surface area (Å²) >= 11 is 3.05. The smallest absolute Gasteiger partial charge is 0.271 e. The highest BCUT2D eigenvalue weighted by atomic mass is 79.9. The van der Waals surface area contributed by atoms with Crippen LogP contribution in [0.2, 0.25) is 0 Å². The average Bonchev–Trinajstić information content (AvgIpc) is 2.01. The number of nitrogens with one attached hydrogen (secondary N) is 2. The van der Waals surface area contributed by atoms with Gasteiger partial charge in [0.2, 0.25) is 0 Å². The molecule has 0 amide bonds. The number of anilines is 1. The molecule has 1 aromatic carbocycles. The van der Waals surface area contributed by atoms with E-state index in [0.29, 0.717) is 4.47 Å². The van der Waals surface area contributed by atoms with E-state index < -0.39 is 16.0 Å². The predicted molar refractivity (Wildman–Crippen MR) is 55.7 cm³/mol. The molecule has 7 heteroatoms. The van der Waals surface area contributed by atoms with Crippen molar-refractivity contribution in [2.75, 3.05) is 11.8 Å². The second-order valence-electron chi connectivity index (χ2n) is 2.47. The Bertz CT molecular complexity index is 415. The molecule has 0 fully saturated rings. The molecule has 78 valence electrons. The molecule has 14 heavy (non-hydrogen) atoms. The van der Waals surface area contributed by atoms with Gasteiger partial charge in [-0.1, -0.05) is 15.9 Å². The quantitative estimate of drug-likeness (QED) is 0.882. The van der Waals surface area contributed by atoms with Gasteiger partial charge >= 0.3 is 0 Å². The van der Waals surface area contributed by atoms with Crippen molar-refractivity contribution in [3.63, 3.8) is 0 Å². The first-order valence-electron chi connectivity index (χ1n) is 3.60. The Morgan fingerprint density at radius 1 is 1.36 bits per heavy atom. The summed E-state index contributed by atoms with van der Waals surface area (Å²) in [6.07, 6.45) is 0. The zero-order chi connectivity index (χ0) is 10.8. The lowest BCUT2D eigenvalue weighted by molar-refractivity contribution is 0.593. The molecule has 0 heterocycles. The van der Waals surface area contributed by atoms with Gasteiger partial charge in [0.15, 0.2) is 0 Å². The summed E-state index contributed by atoms with van der Waals surface area (Å²) in [6, 6.07) is 3.77. The van der Waals surface area contributed by atoms with Gasteiger partial charge in [0, 0.05) is 11.5 Å². The fraction of sp³-hybridized carbons (Fsp3) is 0.143. The van der Waals surface area contributed by atoms with Crippen molar-refractivity contribution in [2.24, 2.45) is 0 Å². The highest BCUT2D eigenvalue weighted by Gasteiger charge is 2.07. The molecule has 0 aliphatic heterocycles. The van der Waals surface area contributed by atoms with Gasteiger partial charge in [0.25, 0.3) is 10.2 Å². The maximum atomic E-state index is 12.8. The van der Waals surface area contributed by atoms with Gasteiger partial charge in [-0.2, -0.15) is 8.42 Å². The largest absolute Gasteiger partial charge is 0.298 e. The molecule has 0 unspecified atom stereocenters. The zero-order valence-electron chi connectivity index (χ0n) is 7.21. The van der Waals surface area contributed by atoms with E-state index in [1.54, 1.807) is 0 Å². The number of hydrogen-bond acceptors (Lipinski definition) is 2. The Labute approximate surface area is 89.8 Å². The van der Waals surface area contributed by atoms with Crippen molar-refractivity contribution >= 4 is 31.8 Å². The van der Waals surface area contributed by atoms with Crippen LogP contribution >= 0.6 is 15.9 Å². The molecule has 0 aliphatic carbocycles. The topological polar surface area (TPSA) is 58.2 Å². The molecule has 0 spiro atoms. The minimum absolute atomic E-state index is 0.159. The molecule has 1 aromatic rings. The van der Waals surface area contributed by atoms with Gasteiger partial charge in [-0.3, -0.25) is 4.72 Å². The van der Waals surface area contributed by atoms with Crippen molar-refractivity contribution in [2.45, 2.75) is 0 Å². The second-order valence-corrected chi connectivity index (χ2v) is 5.00. The van der Waals surface area contributed by atoms with Crippen LogP contribution in [0.15, 0.2) is 22.7 Å². The lowest BCUT2D eigenvalue weighted by Gasteiger charge is -2.06. The van der Waals surface area contributed by atoms with Gasteiger partial charge < -0.3 is 0 Å². The number of benzene rings is 1. The summed E-state index contributed by atoms with van der Waals surface area (Å²) < 4.78 is 39.5. The number of halogens is 2. The summed E-state index contributed by atoms with van der Waals surface area (Å²) in [7, 11) is -2.33. The van der Waals surface area contributed by atoms with Gasteiger partial charge in [0.1, 0.15) is 5.82 Å². The van der Waals surface area contributed by atoms with Crippen LogP contribution in [0.3, 0.4) is 0 Å². The van der Waals surface area contributed by atoms with Crippen molar-refractivity contribution in [1.29, 1.82) is 0 Å². The van der Waals surface area contributed by atoms with Gasteiger partial charge in [-0.25, -0.2) is 9.11 Å². The standard InChI is InChI=1S/C7H8BrFN2O2S/c1-10-14(12,13)11-7-3-5(8)2-6(9)4-7/h2-4,10-11H,1H3. The van der Waals surface area contributed by atoms with E-state index in [2.05, 4.69) is 25.4 Å². The molecule has 0 atom stereocenters. The van der Waals surface area contributed by atoms with Crippen LogP contribution in [0.25, 0.3) is 0 Å². The minimum Gasteiger partial charge on any atom is -0.271 e. The van der Waals surface area contributed by atoms with Crippen molar-refractivity contribution in [1.82, 2.24) is 4.72 Å². The molecule has 0 saturated heterocycles. The Hall–Kier alpha value is -0.660. The zero-order valence-corrected chi connectivity index (χ0v) is 9.62. The number of rotatable bonds is 3.